The molecule has 6 heteroatoms. The summed E-state index contributed by atoms with van der Waals surface area (Å²) in [4.78, 5) is 3.09. The van der Waals surface area contributed by atoms with Gasteiger partial charge >= 0.3 is 0 Å². The minimum absolute atomic E-state index is 0.0769. The second-order valence-electron chi connectivity index (χ2n) is 2.26. The molecule has 2 nitrogen and oxygen atoms in total. The molecular weight excluding hydrogens is 207 g/mol. The summed E-state index contributed by atoms with van der Waals surface area (Å²) >= 11 is 5.34. The number of alkyl halides is 2. The molecule has 0 atom stereocenters. The average Bonchev–Trinajstić information content (AvgIpc) is 2.02. The van der Waals surface area contributed by atoms with E-state index in [1.165, 1.54) is 0 Å². The number of hydrogen-bond acceptors (Lipinski definition) is 2. The molecule has 1 aromatic heterocycles. The van der Waals surface area contributed by atoms with Crippen LogP contribution in [0.15, 0.2) is 6.07 Å². The summed E-state index contributed by atoms with van der Waals surface area (Å²) in [6.07, 6.45) is -3.01. The largest absolute Gasteiger partial charge is 0.390 e. The van der Waals surface area contributed by atoms with Crippen molar-refractivity contribution >= 4 is 11.6 Å². The van der Waals surface area contributed by atoms with E-state index in [-0.39, 0.29) is 5.69 Å². The number of rotatable bonds is 2. The number of aliphatic hydroxyl groups is 1. The van der Waals surface area contributed by atoms with E-state index in [1.807, 2.05) is 0 Å². The van der Waals surface area contributed by atoms with Gasteiger partial charge in [-0.05, 0) is 6.07 Å². The SMILES string of the molecule is OCc1cc(Cl)c(C(F)F)c(F)n1. The van der Waals surface area contributed by atoms with Gasteiger partial charge in [-0.3, -0.25) is 0 Å². The van der Waals surface area contributed by atoms with E-state index >= 15 is 0 Å². The van der Waals surface area contributed by atoms with Gasteiger partial charge in [0.2, 0.25) is 5.95 Å². The van der Waals surface area contributed by atoms with Gasteiger partial charge in [-0.1, -0.05) is 11.6 Å². The van der Waals surface area contributed by atoms with Crippen molar-refractivity contribution in [3.8, 4) is 0 Å². The minimum atomic E-state index is -3.01. The standard InChI is InChI=1S/C7H5ClF3NO/c8-4-1-3(2-13)12-7(11)5(4)6(9)10/h1,6,13H,2H2. The first-order chi connectivity index (χ1) is 6.06. The minimum Gasteiger partial charge on any atom is -0.390 e. The Morgan fingerprint density at radius 1 is 1.54 bits per heavy atom. The molecule has 0 fully saturated rings. The molecule has 1 N–H and O–H groups in total. The molecule has 72 valence electrons. The summed E-state index contributed by atoms with van der Waals surface area (Å²) in [5, 5.41) is 8.12. The molecule has 0 saturated carbocycles. The fourth-order valence-corrected chi connectivity index (χ4v) is 1.10. The Hall–Kier alpha value is -0.810. The monoisotopic (exact) mass is 211 g/mol. The lowest BCUT2D eigenvalue weighted by Crippen LogP contribution is -2.00. The fraction of sp³-hybridized carbons (Fsp3) is 0.286. The van der Waals surface area contributed by atoms with Gasteiger partial charge in [-0.25, -0.2) is 13.8 Å². The van der Waals surface area contributed by atoms with Gasteiger partial charge < -0.3 is 5.11 Å². The third-order valence-corrected chi connectivity index (χ3v) is 1.71. The Morgan fingerprint density at radius 3 is 2.54 bits per heavy atom. The molecular formula is C7H5ClF3NO. The van der Waals surface area contributed by atoms with Gasteiger partial charge in [-0.15, -0.1) is 0 Å². The summed E-state index contributed by atoms with van der Waals surface area (Å²) in [5.74, 6) is -1.34. The molecule has 1 aromatic rings. The highest BCUT2D eigenvalue weighted by Crippen LogP contribution is 2.28. The van der Waals surface area contributed by atoms with E-state index in [0.29, 0.717) is 0 Å². The van der Waals surface area contributed by atoms with Crippen LogP contribution in [0.5, 0.6) is 0 Å². The van der Waals surface area contributed by atoms with Gasteiger partial charge in [0.25, 0.3) is 6.43 Å². The summed E-state index contributed by atoms with van der Waals surface area (Å²) in [7, 11) is 0. The first kappa shape index (κ1) is 10.3. The third-order valence-electron chi connectivity index (χ3n) is 1.39. The Balaban J connectivity index is 3.23. The van der Waals surface area contributed by atoms with Crippen LogP contribution < -0.4 is 0 Å². The maximum absolute atomic E-state index is 12.8. The van der Waals surface area contributed by atoms with Gasteiger partial charge in [0.1, 0.15) is 0 Å². The maximum atomic E-state index is 12.8. The van der Waals surface area contributed by atoms with Crippen molar-refractivity contribution in [2.24, 2.45) is 0 Å². The zero-order chi connectivity index (χ0) is 10.0. The highest BCUT2D eigenvalue weighted by molar-refractivity contribution is 6.31. The van der Waals surface area contributed by atoms with Crippen molar-refractivity contribution in [2.75, 3.05) is 0 Å². The molecule has 0 radical (unpaired) electrons. The summed E-state index contributed by atoms with van der Waals surface area (Å²) in [6, 6.07) is 1.01. The fourth-order valence-electron chi connectivity index (χ4n) is 0.816. The van der Waals surface area contributed by atoms with Gasteiger partial charge in [0, 0.05) is 0 Å². The molecule has 0 saturated heterocycles. The maximum Gasteiger partial charge on any atom is 0.269 e. The van der Waals surface area contributed by atoms with E-state index in [2.05, 4.69) is 4.98 Å². The number of halogens is 4. The number of pyridine rings is 1. The normalized spacial score (nSPS) is 10.9. The summed E-state index contributed by atoms with van der Waals surface area (Å²) < 4.78 is 37.0. The van der Waals surface area contributed by atoms with Crippen LogP contribution in [0.1, 0.15) is 17.7 Å². The smallest absolute Gasteiger partial charge is 0.269 e. The molecule has 0 amide bonds. The van der Waals surface area contributed by atoms with Crippen LogP contribution in [-0.4, -0.2) is 10.1 Å². The second-order valence-corrected chi connectivity index (χ2v) is 2.67. The topological polar surface area (TPSA) is 33.1 Å². The van der Waals surface area contributed by atoms with Crippen LogP contribution >= 0.6 is 11.6 Å². The van der Waals surface area contributed by atoms with E-state index in [1.54, 1.807) is 0 Å². The molecule has 0 aliphatic rings. The molecule has 0 aromatic carbocycles. The number of hydrogen-bond donors (Lipinski definition) is 1. The van der Waals surface area contributed by atoms with E-state index in [0.717, 1.165) is 6.07 Å². The second kappa shape index (κ2) is 3.93. The van der Waals surface area contributed by atoms with Crippen molar-refractivity contribution in [3.05, 3.63) is 28.3 Å². The highest BCUT2D eigenvalue weighted by Gasteiger charge is 2.19. The van der Waals surface area contributed by atoms with Crippen LogP contribution in [0.2, 0.25) is 5.02 Å². The van der Waals surface area contributed by atoms with Gasteiger partial charge in [-0.2, -0.15) is 4.39 Å². The predicted molar refractivity (Wildman–Crippen MR) is 40.1 cm³/mol. The van der Waals surface area contributed by atoms with Crippen LogP contribution in [0.4, 0.5) is 13.2 Å². The zero-order valence-corrected chi connectivity index (χ0v) is 7.02. The molecule has 0 aliphatic heterocycles. The van der Waals surface area contributed by atoms with Crippen LogP contribution in [0.3, 0.4) is 0 Å². The third kappa shape index (κ3) is 2.10. The van der Waals surface area contributed by atoms with Crippen molar-refractivity contribution in [1.29, 1.82) is 0 Å². The molecule has 0 unspecified atom stereocenters. The molecule has 0 aliphatic carbocycles. The molecule has 1 rings (SSSR count). The zero-order valence-electron chi connectivity index (χ0n) is 6.27. The predicted octanol–water partition coefficient (Wildman–Crippen LogP) is 2.30. The van der Waals surface area contributed by atoms with Gasteiger partial charge in [0.15, 0.2) is 0 Å². The molecule has 0 spiro atoms. The quantitative estimate of drug-likeness (QED) is 0.762. The number of nitrogens with zero attached hydrogens (tertiary/aromatic N) is 1. The van der Waals surface area contributed by atoms with Crippen molar-refractivity contribution in [1.82, 2.24) is 4.98 Å². The first-order valence-corrected chi connectivity index (χ1v) is 3.68. The number of aromatic nitrogens is 1. The van der Waals surface area contributed by atoms with Gasteiger partial charge in [0.05, 0.1) is 22.9 Å². The van der Waals surface area contributed by atoms with E-state index in [4.69, 9.17) is 16.7 Å². The van der Waals surface area contributed by atoms with Crippen LogP contribution in [0, 0.1) is 5.95 Å². The van der Waals surface area contributed by atoms with E-state index in [9.17, 15) is 13.2 Å². The number of aliphatic hydroxyl groups excluding tert-OH is 1. The van der Waals surface area contributed by atoms with Crippen LogP contribution in [-0.2, 0) is 6.61 Å². The van der Waals surface area contributed by atoms with Crippen molar-refractivity contribution in [3.63, 3.8) is 0 Å². The Labute approximate surface area is 77.0 Å². The molecule has 1 heterocycles. The van der Waals surface area contributed by atoms with E-state index < -0.39 is 29.6 Å². The Kier molecular flexibility index (Phi) is 3.11. The van der Waals surface area contributed by atoms with Crippen molar-refractivity contribution in [2.45, 2.75) is 13.0 Å². The first-order valence-electron chi connectivity index (χ1n) is 3.30. The lowest BCUT2D eigenvalue weighted by molar-refractivity contribution is 0.145. The van der Waals surface area contributed by atoms with Crippen LogP contribution in [0.25, 0.3) is 0 Å². The lowest BCUT2D eigenvalue weighted by atomic mass is 10.2. The highest BCUT2D eigenvalue weighted by atomic mass is 35.5. The summed E-state index contributed by atoms with van der Waals surface area (Å²) in [5.41, 5.74) is -1.01. The Morgan fingerprint density at radius 2 is 2.15 bits per heavy atom. The summed E-state index contributed by atoms with van der Waals surface area (Å²) in [6.45, 7) is -0.542. The Bertz CT molecular complexity index is 296. The molecule has 13 heavy (non-hydrogen) atoms. The lowest BCUT2D eigenvalue weighted by Gasteiger charge is -2.05. The average molecular weight is 212 g/mol. The van der Waals surface area contributed by atoms with Crippen molar-refractivity contribution < 1.29 is 18.3 Å². The molecule has 0 bridgehead atoms.